The normalized spacial score (nSPS) is 12.5. The Morgan fingerprint density at radius 1 is 0.241 bits per heavy atom. The van der Waals surface area contributed by atoms with Crippen LogP contribution in [0.15, 0.2) is 309 Å². The number of nitrogens with zero attached hydrogens (tertiary/aromatic N) is 4. The Hall–Kier alpha value is -10.9. The van der Waals surface area contributed by atoms with Gasteiger partial charge in [-0.25, -0.2) is 0 Å². The molecule has 2 aliphatic heterocycles. The Morgan fingerprint density at radius 3 is 1.22 bits per heavy atom. The summed E-state index contributed by atoms with van der Waals surface area (Å²) in [4.78, 5) is 5.13. The highest BCUT2D eigenvalue weighted by molar-refractivity contribution is 7.00. The summed E-state index contributed by atoms with van der Waals surface area (Å²) in [5.74, 6) is 0. The summed E-state index contributed by atoms with van der Waals surface area (Å²) in [6.07, 6.45) is 0. The molecule has 2 aromatic heterocycles. The second-order valence-corrected chi connectivity index (χ2v) is 21.9. The summed E-state index contributed by atoms with van der Waals surface area (Å²) in [6.45, 7) is -0.124. The number of benzene rings is 13. The standard InChI is InChI=1S/C78H51BN4/c1-5-21-52(22-6-1)54-39-43-58(44-40-54)80-72-37-20-38-73-76(72)79(66-48-47-60(51-74(66)80)81-68-34-16-13-29-63(68)64-30-14-17-35-69(64)81)67-49-50-71-75(78(67)82(73)59-45-41-55(42-46-59)53-23-7-2-8-24-53)65-31-15-18-36-70(65)83(71)77-61(56-25-9-3-10-26-56)32-19-33-62(77)57-27-11-4-12-28-57/h1-51H. The third-order valence-electron chi connectivity index (χ3n) is 17.5. The fraction of sp³-hybridized carbons (Fsp3) is 0. The molecular formula is C78H51BN4. The van der Waals surface area contributed by atoms with Crippen molar-refractivity contribution in [3.8, 4) is 55.9 Å². The molecule has 0 atom stereocenters. The molecule has 2 aliphatic rings. The molecule has 83 heavy (non-hydrogen) atoms. The smallest absolute Gasteiger partial charge is 0.252 e. The van der Waals surface area contributed by atoms with Gasteiger partial charge in [-0.05, 0) is 123 Å². The first kappa shape index (κ1) is 47.0. The van der Waals surface area contributed by atoms with Gasteiger partial charge in [0.2, 0.25) is 0 Å². The maximum atomic E-state index is 2.59. The number of aromatic nitrogens is 2. The van der Waals surface area contributed by atoms with Gasteiger partial charge in [0, 0.05) is 66.8 Å². The summed E-state index contributed by atoms with van der Waals surface area (Å²) < 4.78 is 5.02. The molecule has 0 fully saturated rings. The number of anilines is 6. The molecule has 0 radical (unpaired) electrons. The van der Waals surface area contributed by atoms with Crippen LogP contribution in [0.25, 0.3) is 99.5 Å². The van der Waals surface area contributed by atoms with Crippen LogP contribution < -0.4 is 26.2 Å². The van der Waals surface area contributed by atoms with Crippen LogP contribution in [-0.2, 0) is 0 Å². The molecule has 4 heterocycles. The van der Waals surface area contributed by atoms with Crippen molar-refractivity contribution >= 4 is 101 Å². The Bertz CT molecular complexity index is 4900. The summed E-state index contributed by atoms with van der Waals surface area (Å²) >= 11 is 0. The van der Waals surface area contributed by atoms with Crippen molar-refractivity contribution in [2.75, 3.05) is 9.80 Å². The summed E-state index contributed by atoms with van der Waals surface area (Å²) in [5.41, 5.74) is 27.1. The zero-order valence-electron chi connectivity index (χ0n) is 45.3. The lowest BCUT2D eigenvalue weighted by Gasteiger charge is -2.44. The van der Waals surface area contributed by atoms with Gasteiger partial charge in [0.05, 0.1) is 33.4 Å². The van der Waals surface area contributed by atoms with E-state index in [0.29, 0.717) is 0 Å². The van der Waals surface area contributed by atoms with Crippen LogP contribution in [0.5, 0.6) is 0 Å². The zero-order valence-corrected chi connectivity index (χ0v) is 45.3. The van der Waals surface area contributed by atoms with Gasteiger partial charge in [-0.15, -0.1) is 0 Å². The molecule has 17 rings (SSSR count). The minimum Gasteiger partial charge on any atom is -0.311 e. The van der Waals surface area contributed by atoms with Crippen LogP contribution in [0.4, 0.5) is 34.1 Å². The fourth-order valence-electron chi connectivity index (χ4n) is 13.9. The van der Waals surface area contributed by atoms with E-state index in [1.165, 1.54) is 99.2 Å². The summed E-state index contributed by atoms with van der Waals surface area (Å²) in [5, 5.41) is 4.90. The van der Waals surface area contributed by atoms with E-state index < -0.39 is 0 Å². The molecule has 0 unspecified atom stereocenters. The Morgan fingerprint density at radius 2 is 0.663 bits per heavy atom. The van der Waals surface area contributed by atoms with E-state index in [1.54, 1.807) is 0 Å². The van der Waals surface area contributed by atoms with Crippen molar-refractivity contribution in [1.82, 2.24) is 9.13 Å². The van der Waals surface area contributed by atoms with E-state index in [-0.39, 0.29) is 6.71 Å². The van der Waals surface area contributed by atoms with Gasteiger partial charge in [0.15, 0.2) is 0 Å². The van der Waals surface area contributed by atoms with Gasteiger partial charge in [0.1, 0.15) is 0 Å². The minimum absolute atomic E-state index is 0.124. The van der Waals surface area contributed by atoms with Crippen molar-refractivity contribution < 1.29 is 0 Å². The molecule has 0 bridgehead atoms. The number of rotatable bonds is 8. The molecule has 386 valence electrons. The van der Waals surface area contributed by atoms with Crippen molar-refractivity contribution in [2.24, 2.45) is 0 Å². The minimum atomic E-state index is -0.124. The second-order valence-electron chi connectivity index (χ2n) is 21.9. The Balaban J connectivity index is 0.967. The van der Waals surface area contributed by atoms with Gasteiger partial charge in [-0.1, -0.05) is 237 Å². The molecule has 0 saturated heterocycles. The molecule has 0 amide bonds. The average molecular weight is 1060 g/mol. The van der Waals surface area contributed by atoms with Gasteiger partial charge in [-0.2, -0.15) is 0 Å². The molecule has 15 aromatic rings. The van der Waals surface area contributed by atoms with E-state index in [9.17, 15) is 0 Å². The van der Waals surface area contributed by atoms with Gasteiger partial charge < -0.3 is 18.9 Å². The highest BCUT2D eigenvalue weighted by atomic mass is 15.2. The number of fused-ring (bicyclic) bond motifs is 11. The van der Waals surface area contributed by atoms with Crippen molar-refractivity contribution in [2.45, 2.75) is 0 Å². The zero-order chi connectivity index (χ0) is 54.5. The predicted octanol–water partition coefficient (Wildman–Crippen LogP) is 18.6. The topological polar surface area (TPSA) is 16.3 Å². The monoisotopic (exact) mass is 1050 g/mol. The van der Waals surface area contributed by atoms with E-state index in [0.717, 1.165) is 50.8 Å². The third-order valence-corrected chi connectivity index (χ3v) is 17.5. The molecule has 13 aromatic carbocycles. The first-order valence-corrected chi connectivity index (χ1v) is 28.7. The first-order chi connectivity index (χ1) is 41.2. The van der Waals surface area contributed by atoms with E-state index in [2.05, 4.69) is 328 Å². The summed E-state index contributed by atoms with van der Waals surface area (Å²) in [7, 11) is 0. The molecular weight excluding hydrogens is 1000 g/mol. The summed E-state index contributed by atoms with van der Waals surface area (Å²) in [6, 6.07) is 114. The van der Waals surface area contributed by atoms with E-state index in [4.69, 9.17) is 0 Å². The van der Waals surface area contributed by atoms with Crippen LogP contribution in [0, 0.1) is 0 Å². The van der Waals surface area contributed by atoms with Crippen molar-refractivity contribution in [3.05, 3.63) is 309 Å². The largest absolute Gasteiger partial charge is 0.311 e. The van der Waals surface area contributed by atoms with Crippen LogP contribution in [-0.4, -0.2) is 15.8 Å². The van der Waals surface area contributed by atoms with Crippen molar-refractivity contribution in [1.29, 1.82) is 0 Å². The van der Waals surface area contributed by atoms with E-state index >= 15 is 0 Å². The highest BCUT2D eigenvalue weighted by Crippen LogP contribution is 2.50. The van der Waals surface area contributed by atoms with Crippen molar-refractivity contribution in [3.63, 3.8) is 0 Å². The van der Waals surface area contributed by atoms with E-state index in [1.807, 2.05) is 0 Å². The number of para-hydroxylation sites is 4. The lowest BCUT2D eigenvalue weighted by molar-refractivity contribution is 1.17. The average Bonchev–Trinajstić information content (AvgIpc) is 2.13. The Kier molecular flexibility index (Phi) is 10.7. The first-order valence-electron chi connectivity index (χ1n) is 28.7. The second kappa shape index (κ2) is 18.9. The SMILES string of the molecule is c1ccc(-c2ccc(N3c4cc(-n5c6ccccc6c6ccccc65)ccc4B4c5ccc6c(c5N(c5ccc(-c7ccccc7)cc5)c5cccc3c54)c3ccccc3n6-c3c(-c4ccccc4)cccc3-c3ccccc3)cc2)cc1. The highest BCUT2D eigenvalue weighted by Gasteiger charge is 2.44. The molecule has 0 saturated carbocycles. The molecule has 0 aliphatic carbocycles. The van der Waals surface area contributed by atoms with Crippen LogP contribution >= 0.6 is 0 Å². The molecule has 5 heteroatoms. The van der Waals surface area contributed by atoms with Gasteiger partial charge in [0.25, 0.3) is 6.71 Å². The maximum Gasteiger partial charge on any atom is 0.252 e. The van der Waals surface area contributed by atoms with Gasteiger partial charge >= 0.3 is 0 Å². The fourth-order valence-corrected chi connectivity index (χ4v) is 13.9. The quantitative estimate of drug-likeness (QED) is 0.141. The molecule has 4 nitrogen and oxygen atoms in total. The number of hydrogen-bond donors (Lipinski definition) is 0. The lowest BCUT2D eigenvalue weighted by Crippen LogP contribution is -2.61. The van der Waals surface area contributed by atoms with Gasteiger partial charge in [-0.3, -0.25) is 0 Å². The molecule has 0 N–H and O–H groups in total. The predicted molar refractivity (Wildman–Crippen MR) is 351 cm³/mol. The lowest BCUT2D eigenvalue weighted by atomic mass is 9.33. The van der Waals surface area contributed by atoms with Crippen LogP contribution in [0.3, 0.4) is 0 Å². The third kappa shape index (κ3) is 7.28. The Labute approximate surface area is 482 Å². The molecule has 0 spiro atoms. The maximum absolute atomic E-state index is 2.59. The van der Waals surface area contributed by atoms with Crippen LogP contribution in [0.2, 0.25) is 0 Å². The van der Waals surface area contributed by atoms with Crippen LogP contribution in [0.1, 0.15) is 0 Å². The number of hydrogen-bond acceptors (Lipinski definition) is 2.